The van der Waals surface area contributed by atoms with Gasteiger partial charge in [0.05, 0.1) is 0 Å². The van der Waals surface area contributed by atoms with Gasteiger partial charge in [-0.25, -0.2) is 0 Å². The first-order valence-electron chi connectivity index (χ1n) is 8.05. The van der Waals surface area contributed by atoms with Crippen LogP contribution in [0.4, 0.5) is 5.69 Å². The molecule has 3 nitrogen and oxygen atoms in total. The molecule has 1 unspecified atom stereocenters. The summed E-state index contributed by atoms with van der Waals surface area (Å²) in [5.74, 6) is 0.895. The van der Waals surface area contributed by atoms with Crippen LogP contribution in [0, 0.1) is 26.7 Å². The van der Waals surface area contributed by atoms with Gasteiger partial charge in [-0.2, -0.15) is 0 Å². The van der Waals surface area contributed by atoms with Gasteiger partial charge in [-0.05, 0) is 57.2 Å². The molecular formula is C18H28N2O. The molecule has 2 rings (SSSR count). The molecular weight excluding hydrogens is 260 g/mol. The average molecular weight is 288 g/mol. The van der Waals surface area contributed by atoms with Crippen molar-refractivity contribution in [2.75, 3.05) is 25.0 Å². The molecule has 116 valence electrons. The summed E-state index contributed by atoms with van der Waals surface area (Å²) < 4.78 is 0. The highest BCUT2D eigenvalue weighted by Gasteiger charge is 2.17. The van der Waals surface area contributed by atoms with Gasteiger partial charge in [0.25, 0.3) is 0 Å². The second-order valence-corrected chi connectivity index (χ2v) is 6.62. The van der Waals surface area contributed by atoms with Crippen LogP contribution in [0.25, 0.3) is 0 Å². The van der Waals surface area contributed by atoms with Crippen molar-refractivity contribution >= 4 is 11.6 Å². The molecule has 0 bridgehead atoms. The van der Waals surface area contributed by atoms with E-state index >= 15 is 0 Å². The fourth-order valence-corrected chi connectivity index (χ4v) is 3.33. The summed E-state index contributed by atoms with van der Waals surface area (Å²) in [6.07, 6.45) is 3.17. The lowest BCUT2D eigenvalue weighted by atomic mass is 10.0. The van der Waals surface area contributed by atoms with E-state index in [4.69, 9.17) is 0 Å². The third-order valence-electron chi connectivity index (χ3n) is 4.34. The Hall–Kier alpha value is -1.35. The minimum atomic E-state index is 0.128. The molecule has 1 amide bonds. The molecule has 0 radical (unpaired) electrons. The molecule has 1 aliphatic heterocycles. The van der Waals surface area contributed by atoms with E-state index in [0.29, 0.717) is 6.42 Å². The molecule has 0 aromatic heterocycles. The van der Waals surface area contributed by atoms with Crippen LogP contribution >= 0.6 is 0 Å². The smallest absolute Gasteiger partial charge is 0.225 e. The second kappa shape index (κ2) is 7.08. The van der Waals surface area contributed by atoms with Crippen LogP contribution in [0.2, 0.25) is 0 Å². The van der Waals surface area contributed by atoms with E-state index in [0.717, 1.165) is 42.4 Å². The predicted molar refractivity (Wildman–Crippen MR) is 88.7 cm³/mol. The summed E-state index contributed by atoms with van der Waals surface area (Å²) in [6.45, 7) is 11.6. The zero-order valence-electron chi connectivity index (χ0n) is 13.8. The van der Waals surface area contributed by atoms with Crippen molar-refractivity contribution < 1.29 is 4.79 Å². The maximum absolute atomic E-state index is 12.2. The molecule has 1 atom stereocenters. The first kappa shape index (κ1) is 16.0. The highest BCUT2D eigenvalue weighted by Crippen LogP contribution is 2.22. The van der Waals surface area contributed by atoms with Gasteiger partial charge >= 0.3 is 0 Å². The number of nitrogens with one attached hydrogen (secondary N) is 1. The topological polar surface area (TPSA) is 32.3 Å². The molecule has 1 aromatic rings. The summed E-state index contributed by atoms with van der Waals surface area (Å²) in [6, 6.07) is 4.24. The fourth-order valence-electron chi connectivity index (χ4n) is 3.33. The lowest BCUT2D eigenvalue weighted by molar-refractivity contribution is -0.116. The summed E-state index contributed by atoms with van der Waals surface area (Å²) in [4.78, 5) is 14.6. The Morgan fingerprint density at radius 1 is 1.29 bits per heavy atom. The number of hydrogen-bond donors (Lipinski definition) is 1. The largest absolute Gasteiger partial charge is 0.326 e. The number of hydrogen-bond acceptors (Lipinski definition) is 2. The van der Waals surface area contributed by atoms with Gasteiger partial charge in [0.2, 0.25) is 5.91 Å². The molecule has 1 saturated heterocycles. The molecule has 0 saturated carbocycles. The van der Waals surface area contributed by atoms with Crippen molar-refractivity contribution in [2.24, 2.45) is 5.92 Å². The van der Waals surface area contributed by atoms with Crippen LogP contribution in [-0.2, 0) is 4.79 Å². The molecule has 1 aromatic carbocycles. The van der Waals surface area contributed by atoms with Crippen molar-refractivity contribution in [1.29, 1.82) is 0 Å². The number of rotatable bonds is 4. The van der Waals surface area contributed by atoms with E-state index in [2.05, 4.69) is 50.0 Å². The summed E-state index contributed by atoms with van der Waals surface area (Å²) in [7, 11) is 0. The Morgan fingerprint density at radius 3 is 2.57 bits per heavy atom. The van der Waals surface area contributed by atoms with Crippen molar-refractivity contribution in [3.05, 3.63) is 28.8 Å². The Balaban J connectivity index is 1.87. The number of aryl methyl sites for hydroxylation is 3. The maximum Gasteiger partial charge on any atom is 0.225 e. The van der Waals surface area contributed by atoms with Gasteiger partial charge in [0, 0.05) is 25.2 Å². The SMILES string of the molecule is Cc1cc(C)c(NC(=O)CCN2CCCC(C)C2)c(C)c1. The Labute approximate surface area is 128 Å². The molecule has 1 heterocycles. The summed E-state index contributed by atoms with van der Waals surface area (Å²) in [5, 5.41) is 3.09. The van der Waals surface area contributed by atoms with Gasteiger partial charge in [-0.3, -0.25) is 4.79 Å². The number of anilines is 1. The normalized spacial score (nSPS) is 19.5. The molecule has 0 aliphatic carbocycles. The van der Waals surface area contributed by atoms with Crippen LogP contribution < -0.4 is 5.32 Å². The zero-order valence-corrected chi connectivity index (χ0v) is 13.8. The van der Waals surface area contributed by atoms with E-state index in [1.54, 1.807) is 0 Å². The quantitative estimate of drug-likeness (QED) is 0.916. The minimum Gasteiger partial charge on any atom is -0.326 e. The molecule has 3 heteroatoms. The van der Waals surface area contributed by atoms with Gasteiger partial charge in [-0.1, -0.05) is 24.6 Å². The van der Waals surface area contributed by atoms with Crippen molar-refractivity contribution in [3.63, 3.8) is 0 Å². The lowest BCUT2D eigenvalue weighted by Gasteiger charge is -2.30. The Morgan fingerprint density at radius 2 is 1.95 bits per heavy atom. The van der Waals surface area contributed by atoms with Crippen molar-refractivity contribution in [3.8, 4) is 0 Å². The van der Waals surface area contributed by atoms with Gasteiger partial charge < -0.3 is 10.2 Å². The van der Waals surface area contributed by atoms with E-state index in [1.165, 1.54) is 18.4 Å². The zero-order chi connectivity index (χ0) is 15.4. The highest BCUT2D eigenvalue weighted by molar-refractivity contribution is 5.92. The van der Waals surface area contributed by atoms with Gasteiger partial charge in [-0.15, -0.1) is 0 Å². The van der Waals surface area contributed by atoms with Crippen LogP contribution in [0.15, 0.2) is 12.1 Å². The second-order valence-electron chi connectivity index (χ2n) is 6.62. The van der Waals surface area contributed by atoms with Crippen LogP contribution in [0.3, 0.4) is 0 Å². The number of piperidine rings is 1. The number of carbonyl (C=O) groups is 1. The lowest BCUT2D eigenvalue weighted by Crippen LogP contribution is -2.36. The van der Waals surface area contributed by atoms with Crippen LogP contribution in [-0.4, -0.2) is 30.4 Å². The minimum absolute atomic E-state index is 0.128. The third-order valence-corrected chi connectivity index (χ3v) is 4.34. The first-order chi connectivity index (χ1) is 9.95. The number of likely N-dealkylation sites (tertiary alicyclic amines) is 1. The number of benzene rings is 1. The molecule has 21 heavy (non-hydrogen) atoms. The fraction of sp³-hybridized carbons (Fsp3) is 0.611. The Kier molecular flexibility index (Phi) is 5.40. The van der Waals surface area contributed by atoms with Gasteiger partial charge in [0.15, 0.2) is 0 Å². The molecule has 1 fully saturated rings. The monoisotopic (exact) mass is 288 g/mol. The number of carbonyl (C=O) groups excluding carboxylic acids is 1. The van der Waals surface area contributed by atoms with Crippen LogP contribution in [0.1, 0.15) is 42.9 Å². The van der Waals surface area contributed by atoms with Crippen molar-refractivity contribution in [1.82, 2.24) is 4.90 Å². The molecule has 0 spiro atoms. The first-order valence-corrected chi connectivity index (χ1v) is 8.05. The average Bonchev–Trinajstić information content (AvgIpc) is 2.40. The molecule has 1 N–H and O–H groups in total. The summed E-state index contributed by atoms with van der Waals surface area (Å²) in [5.41, 5.74) is 4.52. The maximum atomic E-state index is 12.2. The third kappa shape index (κ3) is 4.57. The highest BCUT2D eigenvalue weighted by atomic mass is 16.1. The molecule has 1 aliphatic rings. The van der Waals surface area contributed by atoms with E-state index in [9.17, 15) is 4.79 Å². The van der Waals surface area contributed by atoms with E-state index in [1.807, 2.05) is 0 Å². The standard InChI is InChI=1S/C18H28N2O/c1-13-6-5-8-20(12-13)9-7-17(21)19-18-15(3)10-14(2)11-16(18)4/h10-11,13H,5-9,12H2,1-4H3,(H,19,21). The Bertz CT molecular complexity index is 487. The number of amides is 1. The van der Waals surface area contributed by atoms with E-state index in [-0.39, 0.29) is 5.91 Å². The van der Waals surface area contributed by atoms with Crippen molar-refractivity contribution in [2.45, 2.75) is 47.0 Å². The van der Waals surface area contributed by atoms with Gasteiger partial charge in [0.1, 0.15) is 0 Å². The van der Waals surface area contributed by atoms with Crippen LogP contribution in [0.5, 0.6) is 0 Å². The predicted octanol–water partition coefficient (Wildman–Crippen LogP) is 3.67. The van der Waals surface area contributed by atoms with E-state index < -0.39 is 0 Å². The number of nitrogens with zero attached hydrogens (tertiary/aromatic N) is 1. The summed E-state index contributed by atoms with van der Waals surface area (Å²) >= 11 is 0.